The maximum absolute atomic E-state index is 13.7. The van der Waals surface area contributed by atoms with E-state index < -0.39 is 0 Å². The minimum atomic E-state index is -0.262. The molecule has 0 aliphatic heterocycles. The van der Waals surface area contributed by atoms with E-state index in [1.165, 1.54) is 26.9 Å². The maximum atomic E-state index is 13.7. The molecule has 5 aromatic rings. The van der Waals surface area contributed by atoms with Crippen LogP contribution in [0.25, 0.3) is 21.8 Å². The summed E-state index contributed by atoms with van der Waals surface area (Å²) < 4.78 is 3.35. The van der Waals surface area contributed by atoms with E-state index >= 15 is 0 Å². The van der Waals surface area contributed by atoms with Crippen LogP contribution in [0.1, 0.15) is 40.7 Å². The highest BCUT2D eigenvalue weighted by Crippen LogP contribution is 2.28. The molecule has 6 heteroatoms. The third-order valence-electron chi connectivity index (χ3n) is 7.20. The number of benzene rings is 3. The lowest BCUT2D eigenvalue weighted by atomic mass is 10.00. The van der Waals surface area contributed by atoms with Crippen LogP contribution < -0.4 is 10.9 Å². The van der Waals surface area contributed by atoms with Gasteiger partial charge in [-0.2, -0.15) is 5.10 Å². The third kappa shape index (κ3) is 4.79. The van der Waals surface area contributed by atoms with Gasteiger partial charge in [0.1, 0.15) is 12.1 Å². The molecule has 2 heterocycles. The third-order valence-corrected chi connectivity index (χ3v) is 7.20. The largest absolute Gasteiger partial charge is 0.354 e. The average Bonchev–Trinajstić information content (AvgIpc) is 3.21. The van der Waals surface area contributed by atoms with Gasteiger partial charge in [0.25, 0.3) is 5.56 Å². The quantitative estimate of drug-likeness (QED) is 0.338. The van der Waals surface area contributed by atoms with Gasteiger partial charge < -0.3 is 9.88 Å². The Labute approximate surface area is 216 Å². The Bertz CT molecular complexity index is 1640. The molecule has 0 aliphatic carbocycles. The molecule has 0 saturated carbocycles. The SMILES string of the molecule is Cc1cc(C)c(Cn2c3ccccc3c3cnn(CC(=O)NC[C@H](C)c4ccccc4)c(=O)c32)c(C)c1. The zero-order valence-corrected chi connectivity index (χ0v) is 21.8. The van der Waals surface area contributed by atoms with Crippen molar-refractivity contribution in [2.75, 3.05) is 6.54 Å². The molecule has 0 bridgehead atoms. The molecular weight excluding hydrogens is 460 g/mol. The van der Waals surface area contributed by atoms with E-state index in [9.17, 15) is 9.59 Å². The van der Waals surface area contributed by atoms with Gasteiger partial charge in [0, 0.05) is 29.4 Å². The van der Waals surface area contributed by atoms with Crippen molar-refractivity contribution in [2.45, 2.75) is 46.7 Å². The van der Waals surface area contributed by atoms with E-state index in [0.717, 1.165) is 21.9 Å². The molecule has 0 aliphatic rings. The number of para-hydroxylation sites is 1. The molecule has 0 fully saturated rings. The fourth-order valence-electron chi connectivity index (χ4n) is 5.25. The van der Waals surface area contributed by atoms with Crippen molar-refractivity contribution in [2.24, 2.45) is 0 Å². The average molecular weight is 493 g/mol. The van der Waals surface area contributed by atoms with Gasteiger partial charge in [-0.25, -0.2) is 4.68 Å². The van der Waals surface area contributed by atoms with E-state index in [1.54, 1.807) is 6.20 Å². The second kappa shape index (κ2) is 10.1. The summed E-state index contributed by atoms with van der Waals surface area (Å²) in [4.78, 5) is 26.5. The first kappa shape index (κ1) is 24.5. The van der Waals surface area contributed by atoms with E-state index in [4.69, 9.17) is 0 Å². The molecular formula is C31H32N4O2. The number of fused-ring (bicyclic) bond motifs is 3. The van der Waals surface area contributed by atoms with Crippen LogP contribution in [-0.4, -0.2) is 26.8 Å². The van der Waals surface area contributed by atoms with Crippen molar-refractivity contribution in [3.8, 4) is 0 Å². The standard InChI is InChI=1S/C31H32N4O2/c1-20-14-21(2)27(22(3)15-20)18-34-28-13-9-8-12-25(28)26-17-33-35(31(37)30(26)34)19-29(36)32-16-23(4)24-10-6-5-7-11-24/h5-15,17,23H,16,18-19H2,1-4H3,(H,32,36)/t23-/m0/s1. The summed E-state index contributed by atoms with van der Waals surface area (Å²) >= 11 is 0. The first-order valence-electron chi connectivity index (χ1n) is 12.7. The topological polar surface area (TPSA) is 68.9 Å². The Morgan fingerprint density at radius 2 is 1.62 bits per heavy atom. The van der Waals surface area contributed by atoms with Gasteiger partial charge in [0.05, 0.1) is 6.20 Å². The number of carbonyl (C=O) groups excluding carboxylic acids is 1. The molecule has 1 N–H and O–H groups in total. The van der Waals surface area contributed by atoms with Crippen molar-refractivity contribution >= 4 is 27.7 Å². The minimum absolute atomic E-state index is 0.125. The summed E-state index contributed by atoms with van der Waals surface area (Å²) in [5, 5.41) is 9.13. The molecule has 0 unspecified atom stereocenters. The summed E-state index contributed by atoms with van der Waals surface area (Å²) in [7, 11) is 0. The molecule has 1 amide bonds. The minimum Gasteiger partial charge on any atom is -0.354 e. The van der Waals surface area contributed by atoms with Gasteiger partial charge in [-0.1, -0.05) is 73.2 Å². The van der Waals surface area contributed by atoms with E-state index in [0.29, 0.717) is 18.6 Å². The predicted molar refractivity (Wildman–Crippen MR) is 149 cm³/mol. The van der Waals surface area contributed by atoms with Crippen molar-refractivity contribution in [1.82, 2.24) is 19.7 Å². The van der Waals surface area contributed by atoms with Crippen LogP contribution in [-0.2, 0) is 17.9 Å². The molecule has 0 spiro atoms. The van der Waals surface area contributed by atoms with Crippen molar-refractivity contribution < 1.29 is 4.79 Å². The van der Waals surface area contributed by atoms with E-state index in [1.807, 2.05) is 54.6 Å². The number of hydrogen-bond donors (Lipinski definition) is 1. The normalized spacial score (nSPS) is 12.2. The number of nitrogens with zero attached hydrogens (tertiary/aromatic N) is 3. The fraction of sp³-hybridized carbons (Fsp3) is 0.258. The van der Waals surface area contributed by atoms with Crippen molar-refractivity contribution in [1.29, 1.82) is 0 Å². The van der Waals surface area contributed by atoms with E-state index in [-0.39, 0.29) is 23.9 Å². The molecule has 2 aromatic heterocycles. The lowest BCUT2D eigenvalue weighted by Gasteiger charge is -2.15. The van der Waals surface area contributed by atoms with Crippen LogP contribution in [0.3, 0.4) is 0 Å². The highest BCUT2D eigenvalue weighted by molar-refractivity contribution is 6.07. The molecule has 3 aromatic carbocycles. The lowest BCUT2D eigenvalue weighted by Crippen LogP contribution is -2.35. The molecule has 1 atom stereocenters. The van der Waals surface area contributed by atoms with Gasteiger partial charge in [-0.3, -0.25) is 9.59 Å². The van der Waals surface area contributed by atoms with Crippen LogP contribution >= 0.6 is 0 Å². The fourth-order valence-corrected chi connectivity index (χ4v) is 5.25. The summed E-state index contributed by atoms with van der Waals surface area (Å²) in [5.74, 6) is -0.0644. The number of hydrogen-bond acceptors (Lipinski definition) is 3. The highest BCUT2D eigenvalue weighted by atomic mass is 16.2. The van der Waals surface area contributed by atoms with Crippen molar-refractivity contribution in [3.05, 3.63) is 111 Å². The number of amides is 1. The van der Waals surface area contributed by atoms with Crippen LogP contribution in [0.15, 0.2) is 77.7 Å². The molecule has 37 heavy (non-hydrogen) atoms. The molecule has 188 valence electrons. The number of nitrogens with one attached hydrogen (secondary N) is 1. The summed E-state index contributed by atoms with van der Waals surface area (Å²) in [6.45, 7) is 9.34. The second-order valence-electron chi connectivity index (χ2n) is 9.97. The van der Waals surface area contributed by atoms with Gasteiger partial charge in [0.2, 0.25) is 5.91 Å². The zero-order valence-electron chi connectivity index (χ0n) is 21.8. The van der Waals surface area contributed by atoms with Crippen LogP contribution in [0.4, 0.5) is 0 Å². The Kier molecular flexibility index (Phi) is 6.66. The van der Waals surface area contributed by atoms with Crippen molar-refractivity contribution in [3.63, 3.8) is 0 Å². The maximum Gasteiger partial charge on any atom is 0.291 e. The Hall–Kier alpha value is -4.19. The van der Waals surface area contributed by atoms with Crippen LogP contribution in [0, 0.1) is 20.8 Å². The summed E-state index contributed by atoms with van der Waals surface area (Å²) in [5.41, 5.74) is 7.27. The number of rotatable bonds is 7. The predicted octanol–water partition coefficient (Wildman–Crippen LogP) is 5.24. The summed E-state index contributed by atoms with van der Waals surface area (Å²) in [6, 6.07) is 22.4. The van der Waals surface area contributed by atoms with Crippen LogP contribution in [0.2, 0.25) is 0 Å². The number of carbonyl (C=O) groups is 1. The number of aryl methyl sites for hydroxylation is 3. The van der Waals surface area contributed by atoms with E-state index in [2.05, 4.69) is 54.8 Å². The lowest BCUT2D eigenvalue weighted by molar-refractivity contribution is -0.121. The summed E-state index contributed by atoms with van der Waals surface area (Å²) in [6.07, 6.45) is 1.71. The molecule has 5 rings (SSSR count). The Balaban J connectivity index is 1.49. The van der Waals surface area contributed by atoms with Gasteiger partial charge in [0.15, 0.2) is 0 Å². The highest BCUT2D eigenvalue weighted by Gasteiger charge is 2.18. The zero-order chi connectivity index (χ0) is 26.1. The van der Waals surface area contributed by atoms with Gasteiger partial charge in [-0.05, 0) is 55.0 Å². The second-order valence-corrected chi connectivity index (χ2v) is 9.97. The first-order chi connectivity index (χ1) is 17.8. The first-order valence-corrected chi connectivity index (χ1v) is 12.7. The Morgan fingerprint density at radius 3 is 2.35 bits per heavy atom. The molecule has 0 saturated heterocycles. The van der Waals surface area contributed by atoms with Gasteiger partial charge in [-0.15, -0.1) is 0 Å². The monoisotopic (exact) mass is 492 g/mol. The Morgan fingerprint density at radius 1 is 0.946 bits per heavy atom. The smallest absolute Gasteiger partial charge is 0.291 e. The molecule has 0 radical (unpaired) electrons. The number of aromatic nitrogens is 3. The van der Waals surface area contributed by atoms with Gasteiger partial charge >= 0.3 is 0 Å². The molecule has 6 nitrogen and oxygen atoms in total. The van der Waals surface area contributed by atoms with Crippen LogP contribution in [0.5, 0.6) is 0 Å².